The number of aromatic nitrogens is 3. The zero-order chi connectivity index (χ0) is 25.1. The summed E-state index contributed by atoms with van der Waals surface area (Å²) < 4.78 is 0. The zero-order valence-corrected chi connectivity index (χ0v) is 20.0. The van der Waals surface area contributed by atoms with Gasteiger partial charge >= 0.3 is 0 Å². The Kier molecular flexibility index (Phi) is 6.50. The van der Waals surface area contributed by atoms with Crippen molar-refractivity contribution < 1.29 is 9.59 Å². The Morgan fingerprint density at radius 2 is 1.86 bits per heavy atom. The number of amides is 2. The molecule has 36 heavy (non-hydrogen) atoms. The lowest BCUT2D eigenvalue weighted by molar-refractivity contribution is -0.117. The van der Waals surface area contributed by atoms with Gasteiger partial charge in [-0.15, -0.1) is 0 Å². The Morgan fingerprint density at radius 1 is 1.06 bits per heavy atom. The lowest BCUT2D eigenvalue weighted by atomic mass is 10.1. The molecule has 1 fully saturated rings. The van der Waals surface area contributed by atoms with E-state index in [9.17, 15) is 9.59 Å². The number of nitrogens with one attached hydrogen (secondary N) is 4. The zero-order valence-electron chi connectivity index (χ0n) is 20.0. The molecule has 0 saturated carbocycles. The molecule has 10 nitrogen and oxygen atoms in total. The Bertz CT molecular complexity index is 1380. The van der Waals surface area contributed by atoms with E-state index >= 15 is 0 Å². The van der Waals surface area contributed by atoms with Crippen LogP contribution in [0.5, 0.6) is 0 Å². The molecule has 5 rings (SSSR count). The molecule has 0 spiro atoms. The van der Waals surface area contributed by atoms with Crippen LogP contribution in [0.2, 0.25) is 0 Å². The molecule has 0 aromatic heterocycles. The number of nitrogens with zero attached hydrogens (tertiary/aromatic N) is 3. The van der Waals surface area contributed by atoms with Gasteiger partial charge in [-0.05, 0) is 68.8 Å². The topological polar surface area (TPSA) is 141 Å². The number of para-hydroxylation sites is 1. The first kappa shape index (κ1) is 23.3. The van der Waals surface area contributed by atoms with Crippen LogP contribution in [-0.2, 0) is 4.79 Å². The Hall–Kier alpha value is -4.44. The van der Waals surface area contributed by atoms with Gasteiger partial charge in [0.2, 0.25) is 11.9 Å². The third-order valence-corrected chi connectivity index (χ3v) is 6.20. The second-order valence-electron chi connectivity index (χ2n) is 8.86. The maximum atomic E-state index is 12.5. The molecule has 0 unspecified atom stereocenters. The lowest BCUT2D eigenvalue weighted by Crippen LogP contribution is -2.30. The molecule has 0 aliphatic carbocycles. The molecule has 0 atom stereocenters. The number of carbonyl (C=O) groups excluding carboxylic acids is 2. The van der Waals surface area contributed by atoms with Gasteiger partial charge in [0, 0.05) is 17.6 Å². The average molecular weight is 485 g/mol. The first-order valence-electron chi connectivity index (χ1n) is 11.9. The molecule has 0 bridgehead atoms. The maximum Gasteiger partial charge on any atom is 0.250 e. The highest BCUT2D eigenvalue weighted by atomic mass is 16.2. The average Bonchev–Trinajstić information content (AvgIpc) is 3.54. The van der Waals surface area contributed by atoms with E-state index in [-0.39, 0.29) is 5.91 Å². The fourth-order valence-electron chi connectivity index (χ4n) is 4.33. The monoisotopic (exact) mass is 484 g/mol. The number of hydrogen-bond acceptors (Lipinski definition) is 7. The molecule has 3 aliphatic heterocycles. The van der Waals surface area contributed by atoms with Crippen molar-refractivity contribution in [3.05, 3.63) is 65.9 Å². The normalized spacial score (nSPS) is 13.6. The van der Waals surface area contributed by atoms with Crippen molar-refractivity contribution in [1.82, 2.24) is 19.9 Å². The van der Waals surface area contributed by atoms with Gasteiger partial charge in [-0.25, -0.2) is 4.98 Å². The van der Waals surface area contributed by atoms with Crippen LogP contribution in [0, 0.1) is 6.92 Å². The van der Waals surface area contributed by atoms with Crippen molar-refractivity contribution in [2.75, 3.05) is 35.6 Å². The van der Waals surface area contributed by atoms with E-state index in [1.807, 2.05) is 37.3 Å². The number of carbonyl (C=O) groups is 2. The first-order chi connectivity index (χ1) is 17.5. The third-order valence-electron chi connectivity index (χ3n) is 6.20. The van der Waals surface area contributed by atoms with Crippen LogP contribution in [-0.4, -0.2) is 51.3 Å². The number of nitrogens with two attached hydrogens (primary N) is 1. The van der Waals surface area contributed by atoms with Crippen LogP contribution in [0.25, 0.3) is 11.4 Å². The minimum absolute atomic E-state index is 0.0293. The van der Waals surface area contributed by atoms with E-state index in [0.717, 1.165) is 42.7 Å². The van der Waals surface area contributed by atoms with Crippen molar-refractivity contribution in [2.24, 2.45) is 5.73 Å². The second-order valence-corrected chi connectivity index (χ2v) is 8.86. The third kappa shape index (κ3) is 5.13. The van der Waals surface area contributed by atoms with Gasteiger partial charge in [0.15, 0.2) is 0 Å². The minimum atomic E-state index is -0.532. The summed E-state index contributed by atoms with van der Waals surface area (Å²) in [5, 5.41) is 9.52. The van der Waals surface area contributed by atoms with E-state index < -0.39 is 5.91 Å². The fraction of sp³-hybridized carbons (Fsp3) is 0.231. The van der Waals surface area contributed by atoms with Crippen LogP contribution < -0.4 is 21.7 Å². The minimum Gasteiger partial charge on any atom is -0.366 e. The van der Waals surface area contributed by atoms with Crippen LogP contribution in [0.1, 0.15) is 28.8 Å². The number of rotatable bonds is 8. The van der Waals surface area contributed by atoms with E-state index in [1.165, 1.54) is 0 Å². The molecule has 1 saturated heterocycles. The smallest absolute Gasteiger partial charge is 0.250 e. The number of aromatic amines is 1. The number of primary amides is 1. The molecule has 3 heterocycles. The molecule has 10 heteroatoms. The van der Waals surface area contributed by atoms with Gasteiger partial charge in [0.05, 0.1) is 23.4 Å². The van der Waals surface area contributed by atoms with Crippen LogP contribution in [0.3, 0.4) is 0 Å². The summed E-state index contributed by atoms with van der Waals surface area (Å²) in [6.45, 7) is 4.30. The lowest BCUT2D eigenvalue weighted by Gasteiger charge is -2.17. The fourth-order valence-corrected chi connectivity index (χ4v) is 4.33. The summed E-state index contributed by atoms with van der Waals surface area (Å²) >= 11 is 0. The SMILES string of the molecule is Cc1ccc(NC(=O)CN2CCCC2)cc1Nc1nc(Nc2ccccc2C(N)=O)c2ccnc-2[nH]1. The number of hydrogen-bond donors (Lipinski definition) is 5. The van der Waals surface area contributed by atoms with E-state index in [1.54, 1.807) is 24.4 Å². The summed E-state index contributed by atoms with van der Waals surface area (Å²) in [7, 11) is 0. The van der Waals surface area contributed by atoms with Crippen molar-refractivity contribution in [3.8, 4) is 11.4 Å². The van der Waals surface area contributed by atoms with Gasteiger partial charge in [-0.1, -0.05) is 18.2 Å². The van der Waals surface area contributed by atoms with E-state index in [2.05, 4.69) is 30.8 Å². The van der Waals surface area contributed by atoms with Crippen molar-refractivity contribution in [2.45, 2.75) is 19.8 Å². The largest absolute Gasteiger partial charge is 0.366 e. The second kappa shape index (κ2) is 10.0. The quantitative estimate of drug-likeness (QED) is 0.256. The van der Waals surface area contributed by atoms with Gasteiger partial charge in [-0.2, -0.15) is 4.98 Å². The molecule has 0 radical (unpaired) electrons. The van der Waals surface area contributed by atoms with Gasteiger partial charge in [-0.3, -0.25) is 14.5 Å². The highest BCUT2D eigenvalue weighted by Crippen LogP contribution is 2.32. The Labute approximate surface area is 208 Å². The number of benzene rings is 2. The molecule has 184 valence electrons. The molecule has 2 aromatic rings. The Balaban J connectivity index is 1.39. The van der Waals surface area contributed by atoms with Gasteiger partial charge < -0.3 is 26.7 Å². The molecular weight excluding hydrogens is 456 g/mol. The number of aryl methyl sites for hydroxylation is 1. The van der Waals surface area contributed by atoms with Gasteiger partial charge in [0.25, 0.3) is 5.91 Å². The number of anilines is 5. The number of likely N-dealkylation sites (tertiary alicyclic amines) is 1. The van der Waals surface area contributed by atoms with Gasteiger partial charge in [0.1, 0.15) is 11.6 Å². The van der Waals surface area contributed by atoms with E-state index in [4.69, 9.17) is 10.7 Å². The summed E-state index contributed by atoms with van der Waals surface area (Å²) in [5.41, 5.74) is 9.68. The first-order valence-corrected chi connectivity index (χ1v) is 11.9. The standard InChI is InChI=1S/C26H28N8O2/c1-16-8-9-17(29-22(35)15-34-12-4-5-13-34)14-21(16)31-26-32-24-19(10-11-28-24)25(33-26)30-20-7-3-2-6-18(20)23(27)36/h2-3,6-11,14H,4-5,12-13,15H2,1H3,(H2,27,36)(H,29,35)(H3,28,30,31,32,33). The summed E-state index contributed by atoms with van der Waals surface area (Å²) in [4.78, 5) is 38.8. The predicted molar refractivity (Wildman–Crippen MR) is 140 cm³/mol. The molecule has 2 aromatic carbocycles. The predicted octanol–water partition coefficient (Wildman–Crippen LogP) is 3.84. The van der Waals surface area contributed by atoms with Crippen LogP contribution >= 0.6 is 0 Å². The highest BCUT2D eigenvalue weighted by Gasteiger charge is 2.18. The maximum absolute atomic E-state index is 12.5. The van der Waals surface area contributed by atoms with Crippen molar-refractivity contribution in [3.63, 3.8) is 0 Å². The van der Waals surface area contributed by atoms with Crippen molar-refractivity contribution >= 4 is 40.6 Å². The van der Waals surface area contributed by atoms with Crippen LogP contribution in [0.15, 0.2) is 54.7 Å². The molecule has 6 N–H and O–H groups in total. The highest BCUT2D eigenvalue weighted by molar-refractivity contribution is 5.99. The van der Waals surface area contributed by atoms with E-state index in [0.29, 0.717) is 41.1 Å². The van der Waals surface area contributed by atoms with Crippen molar-refractivity contribution in [1.29, 1.82) is 0 Å². The molecule has 2 amide bonds. The van der Waals surface area contributed by atoms with Crippen LogP contribution in [0.4, 0.5) is 28.8 Å². The molecular formula is C26H28N8O2. The summed E-state index contributed by atoms with van der Waals surface area (Å²) in [5.74, 6) is 1.03. The number of fused-ring (bicyclic) bond motifs is 1. The summed E-state index contributed by atoms with van der Waals surface area (Å²) in [6.07, 6.45) is 3.96. The number of H-pyrrole nitrogens is 1. The summed E-state index contributed by atoms with van der Waals surface area (Å²) in [6, 6.07) is 14.5. The Morgan fingerprint density at radius 3 is 2.67 bits per heavy atom. The molecule has 3 aliphatic rings.